The Morgan fingerprint density at radius 3 is 2.38 bits per heavy atom. The van der Waals surface area contributed by atoms with E-state index in [1.807, 2.05) is 0 Å². The predicted molar refractivity (Wildman–Crippen MR) is 61.1 cm³/mol. The van der Waals surface area contributed by atoms with Crippen molar-refractivity contribution in [3.05, 3.63) is 18.3 Å². The fourth-order valence-corrected chi connectivity index (χ4v) is 4.69. The van der Waals surface area contributed by atoms with Crippen molar-refractivity contribution in [1.82, 2.24) is 4.98 Å². The van der Waals surface area contributed by atoms with Crippen LogP contribution < -0.4 is 3.58 Å². The third kappa shape index (κ3) is 4.36. The van der Waals surface area contributed by atoms with Crippen molar-refractivity contribution in [2.24, 2.45) is 0 Å². The van der Waals surface area contributed by atoms with Gasteiger partial charge in [-0.25, -0.2) is 0 Å². The van der Waals surface area contributed by atoms with Gasteiger partial charge in [0.25, 0.3) is 0 Å². The van der Waals surface area contributed by atoms with Gasteiger partial charge in [-0.3, -0.25) is 0 Å². The van der Waals surface area contributed by atoms with E-state index in [9.17, 15) is 0 Å². The molecule has 0 bridgehead atoms. The quantitative estimate of drug-likeness (QED) is 0.614. The van der Waals surface area contributed by atoms with Crippen molar-refractivity contribution in [3.63, 3.8) is 0 Å². The summed E-state index contributed by atoms with van der Waals surface area (Å²) in [5.41, 5.74) is 0. The Balaban J connectivity index is 2.70. The zero-order valence-electron chi connectivity index (χ0n) is 8.59. The monoisotopic (exact) mass is 301 g/mol. The minimum atomic E-state index is -0.451. The number of hydrogen-bond donors (Lipinski definition) is 0. The summed E-state index contributed by atoms with van der Waals surface area (Å²) in [7, 11) is 0. The molecule has 13 heavy (non-hydrogen) atoms. The van der Waals surface area contributed by atoms with Gasteiger partial charge in [0.05, 0.1) is 0 Å². The number of pyridine rings is 1. The Kier molecular flexibility index (Phi) is 4.10. The van der Waals surface area contributed by atoms with Crippen molar-refractivity contribution >= 4 is 36.5 Å². The van der Waals surface area contributed by atoms with Crippen LogP contribution in [0.1, 0.15) is 20.8 Å². The number of aromatic nitrogens is 1. The van der Waals surface area contributed by atoms with Crippen LogP contribution in [0.4, 0.5) is 0 Å². The van der Waals surface area contributed by atoms with Crippen molar-refractivity contribution < 1.29 is 0 Å². The van der Waals surface area contributed by atoms with Crippen LogP contribution in [-0.4, -0.2) is 32.4 Å². The molecule has 0 saturated carbocycles. The fraction of sp³-hybridized carbons (Fsp3) is 0.500. The van der Waals surface area contributed by atoms with Gasteiger partial charge in [0.2, 0.25) is 0 Å². The summed E-state index contributed by atoms with van der Waals surface area (Å²) in [4.78, 5) is 4.39. The maximum absolute atomic E-state index is 4.39. The zero-order chi connectivity index (χ0) is 9.90. The van der Waals surface area contributed by atoms with E-state index < -0.39 is 21.1 Å². The fourth-order valence-electron chi connectivity index (χ4n) is 1.01. The first-order valence-electron chi connectivity index (χ1n) is 4.29. The third-order valence-corrected chi connectivity index (χ3v) is 5.93. The predicted octanol–water partition coefficient (Wildman–Crippen LogP) is 2.35. The Morgan fingerprint density at radius 2 is 2.00 bits per heavy atom. The van der Waals surface area contributed by atoms with E-state index in [1.165, 1.54) is 3.58 Å². The summed E-state index contributed by atoms with van der Waals surface area (Å²) in [6, 6.07) is 4.38. The minimum absolute atomic E-state index is 0.451. The molecule has 0 fully saturated rings. The van der Waals surface area contributed by atoms with E-state index in [1.54, 1.807) is 11.8 Å². The molecule has 1 aromatic rings. The zero-order valence-corrected chi connectivity index (χ0v) is 12.3. The van der Waals surface area contributed by atoms with Crippen LogP contribution in [-0.2, 0) is 0 Å². The summed E-state index contributed by atoms with van der Waals surface area (Å²) >= 11 is 1.25. The molecule has 3 heteroatoms. The molecule has 0 aliphatic rings. The molecular weight excluding hydrogens is 285 g/mol. The van der Waals surface area contributed by atoms with E-state index >= 15 is 0 Å². The molecule has 1 nitrogen and oxygen atoms in total. The molecular formula is C10H15NSSn. The Labute approximate surface area is 94.9 Å². The van der Waals surface area contributed by atoms with Gasteiger partial charge in [-0.15, -0.1) is 0 Å². The summed E-state index contributed by atoms with van der Waals surface area (Å²) in [5, 5.41) is 1.12. The second-order valence-corrected chi connectivity index (χ2v) is 11.4. The van der Waals surface area contributed by atoms with Crippen LogP contribution in [0.5, 0.6) is 0 Å². The molecule has 0 saturated heterocycles. The first-order valence-corrected chi connectivity index (χ1v) is 8.37. The third-order valence-electron chi connectivity index (χ3n) is 1.46. The second-order valence-electron chi connectivity index (χ2n) is 3.96. The SMILES string of the molecule is CSc1cc[c]([Sn][C](C)(C)C)cn1. The van der Waals surface area contributed by atoms with Gasteiger partial charge >= 0.3 is 95.3 Å². The summed E-state index contributed by atoms with van der Waals surface area (Å²) in [5.74, 6) is 0. The number of rotatable bonds is 2. The first kappa shape index (κ1) is 11.4. The van der Waals surface area contributed by atoms with Gasteiger partial charge in [-0.05, 0) is 0 Å². The van der Waals surface area contributed by atoms with Crippen molar-refractivity contribution in [1.29, 1.82) is 0 Å². The van der Waals surface area contributed by atoms with E-state index in [0.717, 1.165) is 5.03 Å². The molecule has 0 spiro atoms. The molecule has 0 N–H and O–H groups in total. The van der Waals surface area contributed by atoms with Gasteiger partial charge in [-0.2, -0.15) is 0 Å². The molecule has 1 aromatic heterocycles. The van der Waals surface area contributed by atoms with Crippen LogP contribution in [0.25, 0.3) is 0 Å². The van der Waals surface area contributed by atoms with Crippen molar-refractivity contribution in [2.45, 2.75) is 29.2 Å². The molecule has 1 rings (SSSR count). The second kappa shape index (κ2) is 4.69. The van der Waals surface area contributed by atoms with Crippen molar-refractivity contribution in [3.8, 4) is 0 Å². The van der Waals surface area contributed by atoms with E-state index in [4.69, 9.17) is 0 Å². The van der Waals surface area contributed by atoms with Gasteiger partial charge in [0.1, 0.15) is 0 Å². The van der Waals surface area contributed by atoms with E-state index in [0.29, 0.717) is 3.43 Å². The van der Waals surface area contributed by atoms with Gasteiger partial charge in [0.15, 0.2) is 0 Å². The first-order chi connectivity index (χ1) is 6.01. The molecule has 0 aliphatic carbocycles. The molecule has 1 heterocycles. The molecule has 2 radical (unpaired) electrons. The Morgan fingerprint density at radius 1 is 1.31 bits per heavy atom. The molecule has 0 amide bonds. The van der Waals surface area contributed by atoms with Crippen molar-refractivity contribution in [2.75, 3.05) is 6.26 Å². The molecule has 0 unspecified atom stereocenters. The summed E-state index contributed by atoms with van der Waals surface area (Å²) in [6.45, 7) is 6.96. The summed E-state index contributed by atoms with van der Waals surface area (Å²) in [6.07, 6.45) is 4.12. The standard InChI is InChI=1S/C6H6NS.C4H9.Sn/c1-8-6-4-2-3-5-7-6;1-4(2)3;/h2,4-5H,1H3;1-3H3;. The normalized spacial score (nSPS) is 11.7. The Hall–Kier alpha value is 0.299. The summed E-state index contributed by atoms with van der Waals surface area (Å²) < 4.78 is 2.01. The number of thioether (sulfide) groups is 1. The molecule has 0 aliphatic heterocycles. The average molecular weight is 300 g/mol. The average Bonchev–Trinajstić information content (AvgIpc) is 2.03. The molecule has 0 aromatic carbocycles. The van der Waals surface area contributed by atoms with Crippen LogP contribution in [0.15, 0.2) is 23.4 Å². The van der Waals surface area contributed by atoms with E-state index in [-0.39, 0.29) is 0 Å². The van der Waals surface area contributed by atoms with Gasteiger partial charge in [0, 0.05) is 0 Å². The van der Waals surface area contributed by atoms with Gasteiger partial charge in [-0.1, -0.05) is 0 Å². The maximum atomic E-state index is 4.39. The van der Waals surface area contributed by atoms with E-state index in [2.05, 4.69) is 50.3 Å². The topological polar surface area (TPSA) is 12.9 Å². The van der Waals surface area contributed by atoms with Crippen LogP contribution in [0.2, 0.25) is 3.43 Å². The Bertz CT molecular complexity index is 263. The van der Waals surface area contributed by atoms with Gasteiger partial charge < -0.3 is 0 Å². The van der Waals surface area contributed by atoms with Crippen LogP contribution in [0, 0.1) is 0 Å². The number of hydrogen-bond acceptors (Lipinski definition) is 2. The number of nitrogens with zero attached hydrogens (tertiary/aromatic N) is 1. The molecule has 70 valence electrons. The van der Waals surface area contributed by atoms with Crippen LogP contribution in [0.3, 0.4) is 0 Å². The van der Waals surface area contributed by atoms with Crippen LogP contribution >= 0.6 is 11.8 Å². The molecule has 0 atom stereocenters.